The Balaban J connectivity index is 1.80. The summed E-state index contributed by atoms with van der Waals surface area (Å²) in [6, 6.07) is 11.8. The lowest BCUT2D eigenvalue weighted by molar-refractivity contribution is -0.137. The number of methoxy groups -OCH3 is 1. The van der Waals surface area contributed by atoms with Crippen molar-refractivity contribution in [3.05, 3.63) is 76.6 Å². The van der Waals surface area contributed by atoms with Crippen LogP contribution in [0.5, 0.6) is 5.75 Å². The molecule has 0 aliphatic heterocycles. The molecule has 0 saturated heterocycles. The zero-order valence-corrected chi connectivity index (χ0v) is 16.2. The Morgan fingerprint density at radius 3 is 2.45 bits per heavy atom. The number of carbonyl (C=O) groups excluding carboxylic acids is 1. The van der Waals surface area contributed by atoms with Crippen molar-refractivity contribution < 1.29 is 22.7 Å². The molecule has 1 aromatic heterocycles. The number of aromatic nitrogens is 2. The fraction of sp³-hybridized carbons (Fsp3) is 0.238. The number of halogens is 3. The number of hydrogen-bond acceptors (Lipinski definition) is 3. The fourth-order valence-corrected chi connectivity index (χ4v) is 2.98. The van der Waals surface area contributed by atoms with E-state index in [0.29, 0.717) is 34.0 Å². The van der Waals surface area contributed by atoms with Crippen LogP contribution in [0.3, 0.4) is 0 Å². The largest absolute Gasteiger partial charge is 0.497 e. The third-order valence-electron chi connectivity index (χ3n) is 4.56. The van der Waals surface area contributed by atoms with Crippen LogP contribution in [0.2, 0.25) is 0 Å². The van der Waals surface area contributed by atoms with Crippen LogP contribution in [0.15, 0.2) is 48.5 Å². The first-order valence-electron chi connectivity index (χ1n) is 8.84. The van der Waals surface area contributed by atoms with Gasteiger partial charge in [-0.05, 0) is 55.8 Å². The molecule has 0 bridgehead atoms. The lowest BCUT2D eigenvalue weighted by atomic mass is 10.1. The molecule has 1 amide bonds. The summed E-state index contributed by atoms with van der Waals surface area (Å²) in [4.78, 5) is 12.5. The summed E-state index contributed by atoms with van der Waals surface area (Å²) in [5, 5.41) is 7.20. The van der Waals surface area contributed by atoms with Gasteiger partial charge < -0.3 is 10.1 Å². The predicted molar refractivity (Wildman–Crippen MR) is 103 cm³/mol. The zero-order valence-electron chi connectivity index (χ0n) is 16.2. The zero-order chi connectivity index (χ0) is 21.2. The quantitative estimate of drug-likeness (QED) is 0.664. The van der Waals surface area contributed by atoms with Gasteiger partial charge in [-0.3, -0.25) is 9.48 Å². The monoisotopic (exact) mass is 403 g/mol. The second-order valence-corrected chi connectivity index (χ2v) is 6.58. The molecule has 0 fully saturated rings. The summed E-state index contributed by atoms with van der Waals surface area (Å²) < 4.78 is 45.4. The standard InChI is InChI=1S/C21H20F3N3O2/c1-13-19(25-20(28)16-7-9-18(29-3)10-8-16)14(2)27(26-13)12-15-5-4-6-17(11-15)21(22,23)24/h4-11H,12H2,1-3H3,(H,25,28). The maximum atomic E-state index is 12.9. The summed E-state index contributed by atoms with van der Waals surface area (Å²) in [5.41, 5.74) is 1.99. The number of hydrogen-bond donors (Lipinski definition) is 1. The Morgan fingerprint density at radius 1 is 1.14 bits per heavy atom. The number of aryl methyl sites for hydroxylation is 1. The normalized spacial score (nSPS) is 11.4. The van der Waals surface area contributed by atoms with E-state index in [4.69, 9.17) is 4.74 Å². The second kappa shape index (κ2) is 7.98. The lowest BCUT2D eigenvalue weighted by Crippen LogP contribution is -2.13. The third-order valence-corrected chi connectivity index (χ3v) is 4.56. The Morgan fingerprint density at radius 2 is 1.83 bits per heavy atom. The van der Waals surface area contributed by atoms with Crippen LogP contribution in [-0.2, 0) is 12.7 Å². The van der Waals surface area contributed by atoms with Gasteiger partial charge >= 0.3 is 6.18 Å². The number of amides is 1. The minimum absolute atomic E-state index is 0.162. The molecule has 29 heavy (non-hydrogen) atoms. The average Bonchev–Trinajstić information content (AvgIpc) is 2.95. The van der Waals surface area contributed by atoms with Gasteiger partial charge in [-0.2, -0.15) is 18.3 Å². The second-order valence-electron chi connectivity index (χ2n) is 6.58. The number of nitrogens with one attached hydrogen (secondary N) is 1. The minimum atomic E-state index is -4.40. The van der Waals surface area contributed by atoms with Gasteiger partial charge in [0.2, 0.25) is 0 Å². The number of benzene rings is 2. The number of rotatable bonds is 5. The molecular weight excluding hydrogens is 383 g/mol. The first-order valence-corrected chi connectivity index (χ1v) is 8.84. The van der Waals surface area contributed by atoms with E-state index in [0.717, 1.165) is 12.1 Å². The highest BCUT2D eigenvalue weighted by molar-refractivity contribution is 6.04. The maximum absolute atomic E-state index is 12.9. The highest BCUT2D eigenvalue weighted by Crippen LogP contribution is 2.30. The van der Waals surface area contributed by atoms with Crippen LogP contribution < -0.4 is 10.1 Å². The maximum Gasteiger partial charge on any atom is 0.416 e. The molecule has 0 radical (unpaired) electrons. The van der Waals surface area contributed by atoms with Crippen molar-refractivity contribution in [2.75, 3.05) is 12.4 Å². The predicted octanol–water partition coefficient (Wildman–Crippen LogP) is 4.83. The molecule has 0 spiro atoms. The van der Waals surface area contributed by atoms with Gasteiger partial charge in [-0.25, -0.2) is 0 Å². The SMILES string of the molecule is COc1ccc(C(=O)Nc2c(C)nn(Cc3cccc(C(F)(F)F)c3)c2C)cc1. The molecule has 1 heterocycles. The van der Waals surface area contributed by atoms with Crippen LogP contribution >= 0.6 is 0 Å². The molecule has 3 aromatic rings. The molecule has 2 aromatic carbocycles. The van der Waals surface area contributed by atoms with Gasteiger partial charge in [-0.15, -0.1) is 0 Å². The van der Waals surface area contributed by atoms with Gasteiger partial charge in [0.1, 0.15) is 5.75 Å². The van der Waals surface area contributed by atoms with E-state index in [9.17, 15) is 18.0 Å². The van der Waals surface area contributed by atoms with E-state index in [2.05, 4.69) is 10.4 Å². The number of nitrogens with zero attached hydrogens (tertiary/aromatic N) is 2. The van der Waals surface area contributed by atoms with E-state index in [1.54, 1.807) is 56.0 Å². The van der Waals surface area contributed by atoms with Crippen molar-refractivity contribution >= 4 is 11.6 Å². The molecule has 152 valence electrons. The summed E-state index contributed by atoms with van der Waals surface area (Å²) in [6.45, 7) is 3.66. The highest BCUT2D eigenvalue weighted by Gasteiger charge is 2.30. The first kappa shape index (κ1) is 20.4. The smallest absolute Gasteiger partial charge is 0.416 e. The number of anilines is 1. The van der Waals surface area contributed by atoms with E-state index in [-0.39, 0.29) is 12.5 Å². The van der Waals surface area contributed by atoms with E-state index in [1.807, 2.05) is 0 Å². The molecule has 8 heteroatoms. The Kier molecular flexibility index (Phi) is 5.63. The highest BCUT2D eigenvalue weighted by atomic mass is 19.4. The molecule has 3 rings (SSSR count). The summed E-state index contributed by atoms with van der Waals surface area (Å²) in [7, 11) is 1.54. The van der Waals surface area contributed by atoms with Gasteiger partial charge in [0.05, 0.1) is 36.3 Å². The lowest BCUT2D eigenvalue weighted by Gasteiger charge is -2.10. The van der Waals surface area contributed by atoms with E-state index >= 15 is 0 Å². The molecule has 5 nitrogen and oxygen atoms in total. The van der Waals surface area contributed by atoms with Crippen molar-refractivity contribution in [2.45, 2.75) is 26.6 Å². The van der Waals surface area contributed by atoms with E-state index < -0.39 is 11.7 Å². The number of alkyl halides is 3. The van der Waals surface area contributed by atoms with Gasteiger partial charge in [0, 0.05) is 5.56 Å². The van der Waals surface area contributed by atoms with Crippen LogP contribution in [0.25, 0.3) is 0 Å². The van der Waals surface area contributed by atoms with Crippen molar-refractivity contribution in [3.8, 4) is 5.75 Å². The van der Waals surface area contributed by atoms with Crippen molar-refractivity contribution in [3.63, 3.8) is 0 Å². The Hall–Kier alpha value is -3.29. The fourth-order valence-electron chi connectivity index (χ4n) is 2.98. The van der Waals surface area contributed by atoms with Crippen LogP contribution in [0, 0.1) is 13.8 Å². The number of carbonyl (C=O) groups is 1. The summed E-state index contributed by atoms with van der Waals surface area (Å²) >= 11 is 0. The summed E-state index contributed by atoms with van der Waals surface area (Å²) in [5.74, 6) is 0.334. The van der Waals surface area contributed by atoms with Gasteiger partial charge in [-0.1, -0.05) is 12.1 Å². The molecule has 0 unspecified atom stereocenters. The third kappa shape index (κ3) is 4.59. The first-order chi connectivity index (χ1) is 13.7. The molecule has 0 saturated carbocycles. The van der Waals surface area contributed by atoms with Crippen LogP contribution in [0.4, 0.5) is 18.9 Å². The Labute approximate surface area is 166 Å². The van der Waals surface area contributed by atoms with Gasteiger partial charge in [0.25, 0.3) is 5.91 Å². The summed E-state index contributed by atoms with van der Waals surface area (Å²) in [6.07, 6.45) is -4.40. The topological polar surface area (TPSA) is 56.1 Å². The molecule has 0 aliphatic rings. The van der Waals surface area contributed by atoms with Gasteiger partial charge in [0.15, 0.2) is 0 Å². The number of ether oxygens (including phenoxy) is 1. The average molecular weight is 403 g/mol. The van der Waals surface area contributed by atoms with Crippen LogP contribution in [0.1, 0.15) is 32.9 Å². The molecule has 0 atom stereocenters. The molecule has 0 aliphatic carbocycles. The minimum Gasteiger partial charge on any atom is -0.497 e. The van der Waals surface area contributed by atoms with Crippen LogP contribution in [-0.4, -0.2) is 22.8 Å². The molecule has 1 N–H and O–H groups in total. The van der Waals surface area contributed by atoms with Crippen molar-refractivity contribution in [1.82, 2.24) is 9.78 Å². The Bertz CT molecular complexity index is 1020. The van der Waals surface area contributed by atoms with Crippen molar-refractivity contribution in [1.29, 1.82) is 0 Å². The van der Waals surface area contributed by atoms with Crippen molar-refractivity contribution in [2.24, 2.45) is 0 Å². The van der Waals surface area contributed by atoms with E-state index in [1.165, 1.54) is 6.07 Å². The molecular formula is C21H20F3N3O2.